The fourth-order valence-electron chi connectivity index (χ4n) is 3.34. The molecule has 0 aliphatic carbocycles. The van der Waals surface area contributed by atoms with E-state index in [1.165, 1.54) is 0 Å². The van der Waals surface area contributed by atoms with Gasteiger partial charge in [-0.2, -0.15) is 5.10 Å². The zero-order chi connectivity index (χ0) is 17.7. The summed E-state index contributed by atoms with van der Waals surface area (Å²) < 4.78 is 5.11. The Morgan fingerprint density at radius 1 is 1.15 bits per heavy atom. The van der Waals surface area contributed by atoms with Crippen LogP contribution in [0.3, 0.4) is 0 Å². The Morgan fingerprint density at radius 3 is 2.85 bits per heavy atom. The second-order valence-electron chi connectivity index (χ2n) is 6.32. The molecule has 0 atom stereocenters. The number of hydrogen-bond donors (Lipinski definition) is 0. The number of halogens is 2. The van der Waals surface area contributed by atoms with Crippen LogP contribution in [-0.4, -0.2) is 29.3 Å². The maximum absolute atomic E-state index is 4.84. The van der Waals surface area contributed by atoms with Gasteiger partial charge in [0.2, 0.25) is 0 Å². The summed E-state index contributed by atoms with van der Waals surface area (Å²) >= 11 is 3.58. The molecule has 0 spiro atoms. The van der Waals surface area contributed by atoms with Gasteiger partial charge in [0.25, 0.3) is 0 Å². The molecule has 1 aliphatic rings. The fourth-order valence-corrected chi connectivity index (χ4v) is 3.70. The Kier molecular flexibility index (Phi) is 4.57. The predicted molar refractivity (Wildman–Crippen MR) is 108 cm³/mol. The largest absolute Gasteiger partial charge is 0.300 e. The quantitative estimate of drug-likeness (QED) is 0.414. The maximum atomic E-state index is 4.84. The first-order valence-electron chi connectivity index (χ1n) is 8.36. The number of nitrogens with zero attached hydrogens (tertiary/aromatic N) is 6. The van der Waals surface area contributed by atoms with E-state index in [2.05, 4.69) is 42.6 Å². The zero-order valence-electron chi connectivity index (χ0n) is 14.5. The molecule has 5 rings (SSSR count). The molecule has 27 heavy (non-hydrogen) atoms. The summed E-state index contributed by atoms with van der Waals surface area (Å²) in [4.78, 5) is 13.7. The highest BCUT2D eigenvalue weighted by Crippen LogP contribution is 2.33. The van der Waals surface area contributed by atoms with Crippen LogP contribution in [0.2, 0.25) is 0 Å². The smallest absolute Gasteiger partial charge is 0.160 e. The van der Waals surface area contributed by atoms with E-state index in [0.29, 0.717) is 13.0 Å². The van der Waals surface area contributed by atoms with Gasteiger partial charge in [-0.25, -0.2) is 14.6 Å². The number of rotatable bonds is 2. The van der Waals surface area contributed by atoms with Crippen LogP contribution in [0, 0.1) is 6.92 Å². The van der Waals surface area contributed by atoms with E-state index in [9.17, 15) is 0 Å². The molecule has 0 N–H and O–H groups in total. The van der Waals surface area contributed by atoms with Crippen molar-refractivity contribution in [3.63, 3.8) is 0 Å². The molecule has 8 heteroatoms. The molecule has 136 valence electrons. The molecule has 0 saturated heterocycles. The van der Waals surface area contributed by atoms with E-state index in [1.807, 2.05) is 42.2 Å². The van der Waals surface area contributed by atoms with E-state index in [0.717, 1.165) is 44.5 Å². The van der Waals surface area contributed by atoms with Crippen molar-refractivity contribution in [3.8, 4) is 17.1 Å². The minimum atomic E-state index is 0. The highest BCUT2D eigenvalue weighted by atomic mass is 79.9. The van der Waals surface area contributed by atoms with Crippen LogP contribution < -0.4 is 0 Å². The molecule has 4 heterocycles. The summed E-state index contributed by atoms with van der Waals surface area (Å²) in [6.07, 6.45) is 4.28. The Bertz CT molecular complexity index is 1120. The molecule has 0 amide bonds. The van der Waals surface area contributed by atoms with Crippen molar-refractivity contribution >= 4 is 28.3 Å². The van der Waals surface area contributed by atoms with Gasteiger partial charge in [0.1, 0.15) is 0 Å². The SMILES string of the molecule is Cc1ncn2c1Cn1nc(Cc3ccccn3)nc1-c1cc(Br)ccc1-2.Cl. The average molecular weight is 444 g/mol. The van der Waals surface area contributed by atoms with Crippen molar-refractivity contribution in [2.45, 2.75) is 19.9 Å². The topological polar surface area (TPSA) is 61.4 Å². The van der Waals surface area contributed by atoms with E-state index in [4.69, 9.17) is 10.1 Å². The lowest BCUT2D eigenvalue weighted by atomic mass is 10.1. The predicted octanol–water partition coefficient (Wildman–Crippen LogP) is 3.97. The van der Waals surface area contributed by atoms with E-state index < -0.39 is 0 Å². The number of hydrogen-bond acceptors (Lipinski definition) is 4. The molecule has 0 unspecified atom stereocenters. The lowest BCUT2D eigenvalue weighted by Crippen LogP contribution is -2.06. The second-order valence-corrected chi connectivity index (χ2v) is 7.23. The van der Waals surface area contributed by atoms with Gasteiger partial charge in [-0.3, -0.25) is 4.98 Å². The van der Waals surface area contributed by atoms with Gasteiger partial charge in [-0.1, -0.05) is 22.0 Å². The highest BCUT2D eigenvalue weighted by molar-refractivity contribution is 9.10. The van der Waals surface area contributed by atoms with Crippen LogP contribution in [0.4, 0.5) is 0 Å². The summed E-state index contributed by atoms with van der Waals surface area (Å²) in [5.41, 5.74) is 5.20. The summed E-state index contributed by atoms with van der Waals surface area (Å²) in [6, 6.07) is 12.1. The third kappa shape index (κ3) is 3.07. The molecule has 6 nitrogen and oxygen atoms in total. The molecule has 1 aromatic carbocycles. The third-order valence-corrected chi connectivity index (χ3v) is 5.11. The molecule has 0 bridgehead atoms. The maximum Gasteiger partial charge on any atom is 0.160 e. The number of aryl methyl sites for hydroxylation is 1. The van der Waals surface area contributed by atoms with Crippen LogP contribution in [0.5, 0.6) is 0 Å². The average Bonchev–Trinajstić information content (AvgIpc) is 3.17. The van der Waals surface area contributed by atoms with Crippen LogP contribution in [0.1, 0.15) is 22.9 Å². The standard InChI is InChI=1S/C19H15BrN6.ClH/c1-12-17-10-26-19(23-18(24-26)9-14-4-2-3-7-21-14)15-8-13(20)5-6-16(15)25(17)11-22-12;/h2-8,11H,9-10H2,1H3;1H. The van der Waals surface area contributed by atoms with Gasteiger partial charge in [0, 0.05) is 21.9 Å². The fraction of sp³-hybridized carbons (Fsp3) is 0.158. The van der Waals surface area contributed by atoms with E-state index >= 15 is 0 Å². The van der Waals surface area contributed by atoms with Crippen molar-refractivity contribution in [3.05, 3.63) is 76.3 Å². The van der Waals surface area contributed by atoms with Crippen molar-refractivity contribution in [2.24, 2.45) is 0 Å². The molecular formula is C19H16BrClN6. The first kappa shape index (κ1) is 17.9. The summed E-state index contributed by atoms with van der Waals surface area (Å²) in [5, 5.41) is 4.76. The van der Waals surface area contributed by atoms with Gasteiger partial charge < -0.3 is 4.57 Å². The number of benzene rings is 1. The lowest BCUT2D eigenvalue weighted by molar-refractivity contribution is 0.663. The van der Waals surface area contributed by atoms with E-state index in [1.54, 1.807) is 6.20 Å². The number of imidazole rings is 1. The van der Waals surface area contributed by atoms with Crippen molar-refractivity contribution in [1.29, 1.82) is 0 Å². The van der Waals surface area contributed by atoms with Crippen molar-refractivity contribution in [2.75, 3.05) is 0 Å². The summed E-state index contributed by atoms with van der Waals surface area (Å²) in [6.45, 7) is 2.67. The number of pyridine rings is 1. The van der Waals surface area contributed by atoms with Gasteiger partial charge >= 0.3 is 0 Å². The first-order valence-corrected chi connectivity index (χ1v) is 9.15. The first-order chi connectivity index (χ1) is 12.7. The van der Waals surface area contributed by atoms with Crippen molar-refractivity contribution < 1.29 is 0 Å². The van der Waals surface area contributed by atoms with Crippen LogP contribution >= 0.6 is 28.3 Å². The van der Waals surface area contributed by atoms with Gasteiger partial charge in [-0.15, -0.1) is 12.4 Å². The van der Waals surface area contributed by atoms with Crippen molar-refractivity contribution in [1.82, 2.24) is 29.3 Å². The van der Waals surface area contributed by atoms with E-state index in [-0.39, 0.29) is 12.4 Å². The van der Waals surface area contributed by atoms with Gasteiger partial charge in [0.05, 0.1) is 36.4 Å². The molecule has 0 saturated carbocycles. The molecule has 0 radical (unpaired) electrons. The summed E-state index contributed by atoms with van der Waals surface area (Å²) in [7, 11) is 0. The van der Waals surface area contributed by atoms with Gasteiger partial charge in [0.15, 0.2) is 11.6 Å². The Morgan fingerprint density at radius 2 is 2.04 bits per heavy atom. The van der Waals surface area contributed by atoms with Gasteiger partial charge in [-0.05, 0) is 37.3 Å². The number of aromatic nitrogens is 6. The minimum Gasteiger partial charge on any atom is -0.300 e. The number of fused-ring (bicyclic) bond motifs is 5. The molecule has 4 aromatic rings. The zero-order valence-corrected chi connectivity index (χ0v) is 16.9. The molecule has 1 aliphatic heterocycles. The summed E-state index contributed by atoms with van der Waals surface area (Å²) in [5.74, 6) is 1.64. The normalized spacial score (nSPS) is 11.8. The van der Waals surface area contributed by atoms with Crippen LogP contribution in [0.25, 0.3) is 17.1 Å². The lowest BCUT2D eigenvalue weighted by Gasteiger charge is -2.08. The Balaban J connectivity index is 0.00000180. The third-order valence-electron chi connectivity index (χ3n) is 4.61. The highest BCUT2D eigenvalue weighted by Gasteiger charge is 2.24. The van der Waals surface area contributed by atoms with Crippen LogP contribution in [-0.2, 0) is 13.0 Å². The Labute approximate surface area is 170 Å². The second kappa shape index (κ2) is 6.90. The molecule has 3 aromatic heterocycles. The molecule has 0 fully saturated rings. The molecular weight excluding hydrogens is 428 g/mol. The monoisotopic (exact) mass is 442 g/mol. The Hall–Kier alpha value is -2.51. The van der Waals surface area contributed by atoms with Crippen LogP contribution in [0.15, 0.2) is 53.4 Å². The minimum absolute atomic E-state index is 0.